The average molecular weight is 352 g/mol. The third-order valence-corrected chi connectivity index (χ3v) is 6.08. The van der Waals surface area contributed by atoms with Crippen molar-refractivity contribution < 1.29 is 4.74 Å². The van der Waals surface area contributed by atoms with Crippen LogP contribution in [0.1, 0.15) is 56.3 Å². The zero-order valence-corrected chi connectivity index (χ0v) is 15.4. The van der Waals surface area contributed by atoms with Crippen LogP contribution < -0.4 is 5.32 Å². The van der Waals surface area contributed by atoms with Gasteiger partial charge in [-0.25, -0.2) is 0 Å². The van der Waals surface area contributed by atoms with E-state index in [1.165, 1.54) is 31.4 Å². The van der Waals surface area contributed by atoms with Crippen LogP contribution in [0.15, 0.2) is 43.0 Å². The van der Waals surface area contributed by atoms with E-state index < -0.39 is 0 Å². The molecule has 4 rings (SSSR count). The molecular weight excluding hydrogens is 324 g/mol. The maximum atomic E-state index is 6.31. The molecule has 5 heteroatoms. The minimum Gasteiger partial charge on any atom is -0.375 e. The lowest BCUT2D eigenvalue weighted by Gasteiger charge is -2.46. The van der Waals surface area contributed by atoms with E-state index in [1.807, 2.05) is 18.5 Å². The molecule has 2 aliphatic rings. The number of nitrogens with zero attached hydrogens (tertiary/aromatic N) is 3. The zero-order valence-electron chi connectivity index (χ0n) is 15.4. The minimum atomic E-state index is 0.0840. The second-order valence-corrected chi connectivity index (χ2v) is 7.78. The fourth-order valence-electron chi connectivity index (χ4n) is 4.76. The minimum absolute atomic E-state index is 0.0840. The summed E-state index contributed by atoms with van der Waals surface area (Å²) in [6, 6.07) is 6.33. The van der Waals surface area contributed by atoms with Crippen LogP contribution in [-0.4, -0.2) is 33.7 Å². The van der Waals surface area contributed by atoms with Crippen molar-refractivity contribution in [1.82, 2.24) is 20.3 Å². The Bertz CT molecular complexity index is 688. The van der Waals surface area contributed by atoms with E-state index in [-0.39, 0.29) is 11.0 Å². The van der Waals surface area contributed by atoms with Gasteiger partial charge in [0.1, 0.15) is 0 Å². The fraction of sp³-hybridized carbons (Fsp3) is 0.571. The highest BCUT2D eigenvalue weighted by molar-refractivity contribution is 5.20. The molecular formula is C21H28N4O. The SMILES string of the molecule is c1ccc([C@]2(CCNCc3cnccn3)CCOC3(CCCC3)C2)nc1. The third-order valence-electron chi connectivity index (χ3n) is 6.08. The molecule has 0 amide bonds. The molecule has 138 valence electrons. The Kier molecular flexibility index (Phi) is 5.27. The van der Waals surface area contributed by atoms with Crippen LogP contribution in [0.5, 0.6) is 0 Å². The first-order chi connectivity index (χ1) is 12.8. The molecule has 1 spiro atoms. The van der Waals surface area contributed by atoms with Gasteiger partial charge in [-0.3, -0.25) is 15.0 Å². The summed E-state index contributed by atoms with van der Waals surface area (Å²) in [5.74, 6) is 0. The summed E-state index contributed by atoms with van der Waals surface area (Å²) in [6.07, 6.45) is 15.4. The van der Waals surface area contributed by atoms with Gasteiger partial charge in [-0.2, -0.15) is 0 Å². The largest absolute Gasteiger partial charge is 0.375 e. The molecule has 3 heterocycles. The van der Waals surface area contributed by atoms with Crippen molar-refractivity contribution in [3.8, 4) is 0 Å². The van der Waals surface area contributed by atoms with Crippen molar-refractivity contribution in [2.75, 3.05) is 13.2 Å². The predicted octanol–water partition coefficient (Wildman–Crippen LogP) is 3.41. The molecule has 1 N–H and O–H groups in total. The van der Waals surface area contributed by atoms with Crippen molar-refractivity contribution in [2.24, 2.45) is 0 Å². The van der Waals surface area contributed by atoms with E-state index in [9.17, 15) is 0 Å². The summed E-state index contributed by atoms with van der Waals surface area (Å²) in [6.45, 7) is 2.55. The Balaban J connectivity index is 1.46. The van der Waals surface area contributed by atoms with Gasteiger partial charge in [-0.1, -0.05) is 18.9 Å². The summed E-state index contributed by atoms with van der Waals surface area (Å²) in [5, 5.41) is 3.55. The first-order valence-electron chi connectivity index (χ1n) is 9.82. The van der Waals surface area contributed by atoms with Gasteiger partial charge >= 0.3 is 0 Å². The molecule has 0 unspecified atom stereocenters. The molecule has 5 nitrogen and oxygen atoms in total. The summed E-state index contributed by atoms with van der Waals surface area (Å²) in [5.41, 5.74) is 2.41. The smallest absolute Gasteiger partial charge is 0.0724 e. The van der Waals surface area contributed by atoms with Crippen LogP contribution in [0.25, 0.3) is 0 Å². The standard InChI is InChI=1S/C21H28N4O/c1-4-10-25-19(5-1)20(8-11-22-15-18-16-23-12-13-24-18)9-14-26-21(17-20)6-2-3-7-21/h1,4-5,10,12-13,16,22H,2-3,6-9,11,14-15,17H2/t20-/m1/s1. The first kappa shape index (κ1) is 17.6. The van der Waals surface area contributed by atoms with E-state index in [2.05, 4.69) is 27.4 Å². The molecule has 1 saturated heterocycles. The number of hydrogen-bond donors (Lipinski definition) is 1. The predicted molar refractivity (Wildman–Crippen MR) is 101 cm³/mol. The average Bonchev–Trinajstić information content (AvgIpc) is 3.14. The van der Waals surface area contributed by atoms with E-state index in [1.54, 1.807) is 12.4 Å². The van der Waals surface area contributed by atoms with Crippen molar-refractivity contribution >= 4 is 0 Å². The molecule has 2 aromatic heterocycles. The van der Waals surface area contributed by atoms with E-state index in [0.717, 1.165) is 44.7 Å². The molecule has 0 aromatic carbocycles. The summed E-state index contributed by atoms with van der Waals surface area (Å²) >= 11 is 0. The van der Waals surface area contributed by atoms with Gasteiger partial charge in [0.15, 0.2) is 0 Å². The molecule has 1 aliphatic heterocycles. The van der Waals surface area contributed by atoms with Gasteiger partial charge in [0.2, 0.25) is 0 Å². The van der Waals surface area contributed by atoms with Gasteiger partial charge in [0.05, 0.1) is 11.3 Å². The van der Waals surface area contributed by atoms with Crippen LogP contribution >= 0.6 is 0 Å². The van der Waals surface area contributed by atoms with Crippen molar-refractivity contribution in [3.63, 3.8) is 0 Å². The van der Waals surface area contributed by atoms with Crippen molar-refractivity contribution in [2.45, 2.75) is 62.5 Å². The maximum Gasteiger partial charge on any atom is 0.0724 e. The molecule has 1 saturated carbocycles. The zero-order chi connectivity index (χ0) is 17.7. The summed E-state index contributed by atoms with van der Waals surface area (Å²) in [4.78, 5) is 13.2. The number of pyridine rings is 1. The number of hydrogen-bond acceptors (Lipinski definition) is 5. The number of aromatic nitrogens is 3. The third kappa shape index (κ3) is 3.79. The fourth-order valence-corrected chi connectivity index (χ4v) is 4.76. The maximum absolute atomic E-state index is 6.31. The van der Waals surface area contributed by atoms with Gasteiger partial charge in [0, 0.05) is 49.0 Å². The lowest BCUT2D eigenvalue weighted by molar-refractivity contribution is -0.104. The van der Waals surface area contributed by atoms with E-state index in [4.69, 9.17) is 9.72 Å². The Morgan fingerprint density at radius 2 is 1.96 bits per heavy atom. The van der Waals surface area contributed by atoms with E-state index in [0.29, 0.717) is 0 Å². The second-order valence-electron chi connectivity index (χ2n) is 7.78. The van der Waals surface area contributed by atoms with E-state index >= 15 is 0 Å². The quantitative estimate of drug-likeness (QED) is 0.807. The lowest BCUT2D eigenvalue weighted by atomic mass is 9.68. The van der Waals surface area contributed by atoms with Crippen molar-refractivity contribution in [3.05, 3.63) is 54.4 Å². The molecule has 0 radical (unpaired) electrons. The summed E-state index contributed by atoms with van der Waals surface area (Å²) < 4.78 is 6.31. The molecule has 0 bridgehead atoms. The van der Waals surface area contributed by atoms with Gasteiger partial charge in [-0.15, -0.1) is 0 Å². The Morgan fingerprint density at radius 1 is 1.04 bits per heavy atom. The number of ether oxygens (including phenoxy) is 1. The van der Waals surface area contributed by atoms with Gasteiger partial charge in [0.25, 0.3) is 0 Å². The number of nitrogens with one attached hydrogen (secondary N) is 1. The van der Waals surface area contributed by atoms with Crippen LogP contribution in [0.2, 0.25) is 0 Å². The first-order valence-corrected chi connectivity index (χ1v) is 9.82. The number of rotatable bonds is 6. The topological polar surface area (TPSA) is 59.9 Å². The molecule has 1 aliphatic carbocycles. The highest BCUT2D eigenvalue weighted by atomic mass is 16.5. The molecule has 1 atom stereocenters. The molecule has 2 fully saturated rings. The van der Waals surface area contributed by atoms with Crippen molar-refractivity contribution in [1.29, 1.82) is 0 Å². The molecule has 26 heavy (non-hydrogen) atoms. The Labute approximate surface area is 155 Å². The van der Waals surface area contributed by atoms with Gasteiger partial charge < -0.3 is 10.1 Å². The van der Waals surface area contributed by atoms with Crippen LogP contribution in [0.4, 0.5) is 0 Å². The van der Waals surface area contributed by atoms with Crippen LogP contribution in [0.3, 0.4) is 0 Å². The van der Waals surface area contributed by atoms with Crippen LogP contribution in [-0.2, 0) is 16.7 Å². The Morgan fingerprint density at radius 3 is 2.73 bits per heavy atom. The molecule has 2 aromatic rings. The van der Waals surface area contributed by atoms with Gasteiger partial charge in [-0.05, 0) is 50.8 Å². The second kappa shape index (κ2) is 7.80. The van der Waals surface area contributed by atoms with Crippen LogP contribution in [0, 0.1) is 0 Å². The highest BCUT2D eigenvalue weighted by Crippen LogP contribution is 2.49. The monoisotopic (exact) mass is 352 g/mol. The Hall–Kier alpha value is -1.85. The normalized spacial score (nSPS) is 24.8. The lowest BCUT2D eigenvalue weighted by Crippen LogP contribution is -2.47. The summed E-state index contributed by atoms with van der Waals surface area (Å²) in [7, 11) is 0. The highest BCUT2D eigenvalue weighted by Gasteiger charge is 2.48.